The molecule has 0 atom stereocenters. The minimum atomic E-state index is -3.67. The molecule has 0 fully saturated rings. The third-order valence-electron chi connectivity index (χ3n) is 3.91. The topological polar surface area (TPSA) is 84.5 Å². The van der Waals surface area contributed by atoms with Gasteiger partial charge < -0.3 is 10.1 Å². The fourth-order valence-electron chi connectivity index (χ4n) is 2.52. The van der Waals surface area contributed by atoms with Crippen LogP contribution >= 0.6 is 0 Å². The molecule has 0 aromatic heterocycles. The molecule has 27 heavy (non-hydrogen) atoms. The maximum atomic E-state index is 12.3. The lowest BCUT2D eigenvalue weighted by atomic mass is 10.1. The largest absolute Gasteiger partial charge is 0.496 e. The molecular weight excluding hydrogens is 364 g/mol. The molecule has 0 aliphatic carbocycles. The van der Waals surface area contributed by atoms with Crippen LogP contribution in [0.25, 0.3) is 0 Å². The Labute approximate surface area is 160 Å². The van der Waals surface area contributed by atoms with E-state index in [2.05, 4.69) is 16.0 Å². The van der Waals surface area contributed by atoms with E-state index in [9.17, 15) is 13.2 Å². The van der Waals surface area contributed by atoms with Gasteiger partial charge in [-0.1, -0.05) is 23.6 Å². The van der Waals surface area contributed by atoms with Crippen LogP contribution < -0.4 is 14.8 Å². The van der Waals surface area contributed by atoms with E-state index < -0.39 is 10.0 Å². The lowest BCUT2D eigenvalue weighted by Crippen LogP contribution is -2.26. The minimum Gasteiger partial charge on any atom is -0.496 e. The number of aryl methyl sites for hydroxylation is 1. The van der Waals surface area contributed by atoms with Crippen molar-refractivity contribution in [1.82, 2.24) is 10.0 Å². The molecule has 0 aliphatic rings. The van der Waals surface area contributed by atoms with Gasteiger partial charge in [-0.05, 0) is 49.2 Å². The Hall–Kier alpha value is -2.82. The van der Waals surface area contributed by atoms with Crippen molar-refractivity contribution in [3.05, 3.63) is 59.2 Å². The third kappa shape index (κ3) is 5.58. The molecule has 0 spiro atoms. The zero-order chi connectivity index (χ0) is 19.9. The fraction of sp³-hybridized carbons (Fsp3) is 0.250. The number of terminal acetylenes is 1. The van der Waals surface area contributed by atoms with Gasteiger partial charge in [-0.2, -0.15) is 4.72 Å². The number of rotatable bonds is 8. The van der Waals surface area contributed by atoms with Crippen molar-refractivity contribution in [2.24, 2.45) is 0 Å². The number of amides is 1. The molecule has 142 valence electrons. The highest BCUT2D eigenvalue weighted by atomic mass is 32.2. The molecule has 1 amide bonds. The first kappa shape index (κ1) is 20.5. The number of carbonyl (C=O) groups excluding carboxylic acids is 1. The summed E-state index contributed by atoms with van der Waals surface area (Å²) in [5.41, 5.74) is 2.51. The first-order valence-corrected chi connectivity index (χ1v) is 9.80. The highest BCUT2D eigenvalue weighted by molar-refractivity contribution is 7.89. The van der Waals surface area contributed by atoms with E-state index >= 15 is 0 Å². The van der Waals surface area contributed by atoms with E-state index in [0.717, 1.165) is 16.9 Å². The van der Waals surface area contributed by atoms with Gasteiger partial charge in [-0.15, -0.1) is 6.42 Å². The molecule has 0 heterocycles. The molecular formula is C20H22N2O4S. The highest BCUT2D eigenvalue weighted by Gasteiger charge is 2.14. The van der Waals surface area contributed by atoms with E-state index in [1.165, 1.54) is 24.3 Å². The van der Waals surface area contributed by atoms with Gasteiger partial charge in [0.1, 0.15) is 5.75 Å². The molecule has 0 unspecified atom stereocenters. The molecule has 0 bridgehead atoms. The van der Waals surface area contributed by atoms with Gasteiger partial charge in [0, 0.05) is 12.1 Å². The Kier molecular flexibility index (Phi) is 6.99. The summed E-state index contributed by atoms with van der Waals surface area (Å²) in [6.07, 6.45) is 5.68. The van der Waals surface area contributed by atoms with Crippen LogP contribution in [0.2, 0.25) is 0 Å². The summed E-state index contributed by atoms with van der Waals surface area (Å²) >= 11 is 0. The summed E-state index contributed by atoms with van der Waals surface area (Å²) in [6, 6.07) is 11.6. The van der Waals surface area contributed by atoms with Gasteiger partial charge in [0.25, 0.3) is 5.91 Å². The van der Waals surface area contributed by atoms with Crippen molar-refractivity contribution in [2.45, 2.75) is 18.2 Å². The summed E-state index contributed by atoms with van der Waals surface area (Å²) in [5.74, 6) is 2.71. The summed E-state index contributed by atoms with van der Waals surface area (Å²) < 4.78 is 31.5. The van der Waals surface area contributed by atoms with E-state index in [1.54, 1.807) is 7.11 Å². The zero-order valence-corrected chi connectivity index (χ0v) is 16.1. The Bertz CT molecular complexity index is 945. The number of benzene rings is 2. The van der Waals surface area contributed by atoms with E-state index in [0.29, 0.717) is 18.5 Å². The monoisotopic (exact) mass is 386 g/mol. The van der Waals surface area contributed by atoms with Crippen LogP contribution in [0.3, 0.4) is 0 Å². The summed E-state index contributed by atoms with van der Waals surface area (Å²) in [4.78, 5) is 12.3. The average Bonchev–Trinajstić information content (AvgIpc) is 2.66. The van der Waals surface area contributed by atoms with Crippen LogP contribution in [-0.2, 0) is 16.4 Å². The normalized spacial score (nSPS) is 10.9. The lowest BCUT2D eigenvalue weighted by Gasteiger charge is -2.11. The SMILES string of the molecule is C#CCNS(=O)(=O)c1ccc(C(=O)NCCc2cc(C)ccc2OC)cc1. The Morgan fingerprint density at radius 1 is 1.19 bits per heavy atom. The number of nitrogens with one attached hydrogen (secondary N) is 2. The lowest BCUT2D eigenvalue weighted by molar-refractivity contribution is 0.0954. The van der Waals surface area contributed by atoms with Crippen LogP contribution in [0.4, 0.5) is 0 Å². The van der Waals surface area contributed by atoms with Crippen molar-refractivity contribution in [2.75, 3.05) is 20.2 Å². The molecule has 0 saturated carbocycles. The number of ether oxygens (including phenoxy) is 1. The quantitative estimate of drug-likeness (QED) is 0.679. The van der Waals surface area contributed by atoms with E-state index in [1.807, 2.05) is 25.1 Å². The van der Waals surface area contributed by atoms with E-state index in [4.69, 9.17) is 11.2 Å². The standard InChI is InChI=1S/C20H22N2O4S/c1-4-12-22-27(24,25)18-8-6-16(7-9-18)20(23)21-13-11-17-14-15(2)5-10-19(17)26-3/h1,5-10,14,22H,11-13H2,2-3H3,(H,21,23). The Morgan fingerprint density at radius 2 is 1.89 bits per heavy atom. The number of sulfonamides is 1. The molecule has 7 heteroatoms. The van der Waals surface area contributed by atoms with Crippen LogP contribution in [0.1, 0.15) is 21.5 Å². The van der Waals surface area contributed by atoms with Gasteiger partial charge in [0.15, 0.2) is 0 Å². The summed E-state index contributed by atoms with van der Waals surface area (Å²) in [7, 11) is -2.06. The molecule has 6 nitrogen and oxygen atoms in total. The van der Waals surface area contributed by atoms with Gasteiger partial charge in [0.2, 0.25) is 10.0 Å². The first-order chi connectivity index (χ1) is 12.9. The van der Waals surface area contributed by atoms with Crippen molar-refractivity contribution >= 4 is 15.9 Å². The summed E-state index contributed by atoms with van der Waals surface area (Å²) in [5, 5.41) is 2.82. The van der Waals surface area contributed by atoms with Crippen molar-refractivity contribution in [1.29, 1.82) is 0 Å². The van der Waals surface area contributed by atoms with Gasteiger partial charge in [-0.25, -0.2) is 8.42 Å². The predicted octanol–water partition coefficient (Wildman–Crippen LogP) is 1.89. The summed E-state index contributed by atoms with van der Waals surface area (Å²) in [6.45, 7) is 2.34. The van der Waals surface area contributed by atoms with Crippen LogP contribution in [0, 0.1) is 19.3 Å². The second-order valence-corrected chi connectivity index (χ2v) is 7.64. The zero-order valence-electron chi connectivity index (χ0n) is 15.3. The Balaban J connectivity index is 1.97. The molecule has 2 N–H and O–H groups in total. The fourth-order valence-corrected chi connectivity index (χ4v) is 3.46. The van der Waals surface area contributed by atoms with Gasteiger partial charge in [-0.3, -0.25) is 4.79 Å². The number of carbonyl (C=O) groups is 1. The van der Waals surface area contributed by atoms with Crippen LogP contribution in [0.15, 0.2) is 47.4 Å². The molecule has 0 saturated heterocycles. The second kappa shape index (κ2) is 9.21. The van der Waals surface area contributed by atoms with Crippen LogP contribution in [-0.4, -0.2) is 34.5 Å². The maximum absolute atomic E-state index is 12.3. The first-order valence-electron chi connectivity index (χ1n) is 8.32. The molecule has 2 aromatic carbocycles. The molecule has 0 radical (unpaired) electrons. The van der Waals surface area contributed by atoms with Crippen LogP contribution in [0.5, 0.6) is 5.75 Å². The molecule has 2 aromatic rings. The van der Waals surface area contributed by atoms with E-state index in [-0.39, 0.29) is 17.3 Å². The second-order valence-electron chi connectivity index (χ2n) is 5.87. The predicted molar refractivity (Wildman–Crippen MR) is 104 cm³/mol. The van der Waals surface area contributed by atoms with Gasteiger partial charge in [0.05, 0.1) is 18.6 Å². The van der Waals surface area contributed by atoms with Crippen molar-refractivity contribution in [3.63, 3.8) is 0 Å². The van der Waals surface area contributed by atoms with Crippen molar-refractivity contribution < 1.29 is 17.9 Å². The third-order valence-corrected chi connectivity index (χ3v) is 5.32. The van der Waals surface area contributed by atoms with Crippen molar-refractivity contribution in [3.8, 4) is 18.1 Å². The molecule has 0 aliphatic heterocycles. The number of hydrogen-bond donors (Lipinski definition) is 2. The highest BCUT2D eigenvalue weighted by Crippen LogP contribution is 2.19. The van der Waals surface area contributed by atoms with Gasteiger partial charge >= 0.3 is 0 Å². The number of hydrogen-bond acceptors (Lipinski definition) is 4. The smallest absolute Gasteiger partial charge is 0.251 e. The number of methoxy groups -OCH3 is 1. The Morgan fingerprint density at radius 3 is 2.52 bits per heavy atom. The minimum absolute atomic E-state index is 0.0544. The average molecular weight is 386 g/mol. The maximum Gasteiger partial charge on any atom is 0.251 e. The molecule has 2 rings (SSSR count).